The highest BCUT2D eigenvalue weighted by atomic mass is 16.1. The van der Waals surface area contributed by atoms with Gasteiger partial charge in [-0.3, -0.25) is 4.79 Å². The SMILES string of the molecule is CCCn1c(CC(=O)CC2CC2)nc2ccccc21. The van der Waals surface area contributed by atoms with E-state index in [4.69, 9.17) is 0 Å². The summed E-state index contributed by atoms with van der Waals surface area (Å²) in [7, 11) is 0. The van der Waals surface area contributed by atoms with Crippen molar-refractivity contribution in [2.75, 3.05) is 0 Å². The van der Waals surface area contributed by atoms with Gasteiger partial charge < -0.3 is 4.57 Å². The molecule has 2 aromatic rings. The zero-order chi connectivity index (χ0) is 13.2. The lowest BCUT2D eigenvalue weighted by Crippen LogP contribution is -2.10. The number of carbonyl (C=O) groups excluding carboxylic acids is 1. The van der Waals surface area contributed by atoms with Gasteiger partial charge in [-0.05, 0) is 37.3 Å². The molecular weight excluding hydrogens is 236 g/mol. The number of ketones is 1. The van der Waals surface area contributed by atoms with Crippen LogP contribution >= 0.6 is 0 Å². The third kappa shape index (κ3) is 2.70. The summed E-state index contributed by atoms with van der Waals surface area (Å²) in [6.07, 6.45) is 4.76. The lowest BCUT2D eigenvalue weighted by Gasteiger charge is -2.07. The largest absolute Gasteiger partial charge is 0.328 e. The van der Waals surface area contributed by atoms with Crippen molar-refractivity contribution in [2.45, 2.75) is 45.6 Å². The van der Waals surface area contributed by atoms with Crippen LogP contribution in [-0.4, -0.2) is 15.3 Å². The third-order valence-electron chi connectivity index (χ3n) is 3.75. The maximum Gasteiger partial charge on any atom is 0.140 e. The number of nitrogens with zero attached hydrogens (tertiary/aromatic N) is 2. The first-order valence-corrected chi connectivity index (χ1v) is 7.23. The van der Waals surface area contributed by atoms with E-state index in [0.29, 0.717) is 18.1 Å². The van der Waals surface area contributed by atoms with Gasteiger partial charge in [-0.2, -0.15) is 0 Å². The molecule has 3 rings (SSSR count). The lowest BCUT2D eigenvalue weighted by molar-refractivity contribution is -0.118. The second kappa shape index (κ2) is 5.16. The van der Waals surface area contributed by atoms with Crippen LogP contribution in [0.1, 0.15) is 38.4 Å². The number of fused-ring (bicyclic) bond motifs is 1. The summed E-state index contributed by atoms with van der Waals surface area (Å²) < 4.78 is 2.21. The first-order valence-electron chi connectivity index (χ1n) is 7.23. The molecule has 100 valence electrons. The Labute approximate surface area is 113 Å². The molecule has 1 heterocycles. The molecule has 0 atom stereocenters. The summed E-state index contributed by atoms with van der Waals surface area (Å²) in [6, 6.07) is 8.15. The summed E-state index contributed by atoms with van der Waals surface area (Å²) in [6.45, 7) is 3.09. The van der Waals surface area contributed by atoms with Crippen LogP contribution < -0.4 is 0 Å². The molecule has 0 spiro atoms. The Morgan fingerprint density at radius 1 is 1.37 bits per heavy atom. The average Bonchev–Trinajstić information content (AvgIpc) is 3.14. The standard InChI is InChI=1S/C16H20N2O/c1-2-9-18-15-6-4-3-5-14(15)17-16(18)11-13(19)10-12-7-8-12/h3-6,12H,2,7-11H2,1H3. The van der Waals surface area contributed by atoms with E-state index < -0.39 is 0 Å². The second-order valence-corrected chi connectivity index (χ2v) is 5.53. The van der Waals surface area contributed by atoms with E-state index in [-0.39, 0.29) is 0 Å². The number of hydrogen-bond donors (Lipinski definition) is 0. The van der Waals surface area contributed by atoms with Crippen molar-refractivity contribution in [2.24, 2.45) is 5.92 Å². The van der Waals surface area contributed by atoms with Crippen molar-refractivity contribution in [1.82, 2.24) is 9.55 Å². The van der Waals surface area contributed by atoms with Gasteiger partial charge >= 0.3 is 0 Å². The number of para-hydroxylation sites is 2. The average molecular weight is 256 g/mol. The number of rotatable bonds is 6. The van der Waals surface area contributed by atoms with E-state index in [9.17, 15) is 4.79 Å². The van der Waals surface area contributed by atoms with E-state index >= 15 is 0 Å². The third-order valence-corrected chi connectivity index (χ3v) is 3.75. The van der Waals surface area contributed by atoms with Crippen LogP contribution in [0, 0.1) is 5.92 Å². The summed E-state index contributed by atoms with van der Waals surface area (Å²) >= 11 is 0. The van der Waals surface area contributed by atoms with Crippen molar-refractivity contribution < 1.29 is 4.79 Å². The Hall–Kier alpha value is -1.64. The predicted molar refractivity (Wildman–Crippen MR) is 76.1 cm³/mol. The van der Waals surface area contributed by atoms with Crippen molar-refractivity contribution in [3.63, 3.8) is 0 Å². The zero-order valence-corrected chi connectivity index (χ0v) is 11.4. The number of aromatic nitrogens is 2. The van der Waals surface area contributed by atoms with Crippen LogP contribution in [0.2, 0.25) is 0 Å². The Bertz CT molecular complexity index is 596. The van der Waals surface area contributed by atoms with Crippen molar-refractivity contribution in [1.29, 1.82) is 0 Å². The second-order valence-electron chi connectivity index (χ2n) is 5.53. The minimum absolute atomic E-state index is 0.343. The highest BCUT2D eigenvalue weighted by Gasteiger charge is 2.25. The fraction of sp³-hybridized carbons (Fsp3) is 0.500. The number of Topliss-reactive ketones (excluding diaryl/α,β-unsaturated/α-hetero) is 1. The number of aryl methyl sites for hydroxylation is 1. The van der Waals surface area contributed by atoms with Crippen molar-refractivity contribution in [3.05, 3.63) is 30.1 Å². The number of imidazole rings is 1. The molecule has 3 nitrogen and oxygen atoms in total. The summed E-state index contributed by atoms with van der Waals surface area (Å²) in [4.78, 5) is 16.7. The van der Waals surface area contributed by atoms with Crippen molar-refractivity contribution >= 4 is 16.8 Å². The van der Waals surface area contributed by atoms with Crippen LogP contribution in [0.3, 0.4) is 0 Å². The molecule has 1 aliphatic rings. The predicted octanol–water partition coefficient (Wildman–Crippen LogP) is 3.36. The van der Waals surface area contributed by atoms with E-state index in [1.807, 2.05) is 18.2 Å². The summed E-state index contributed by atoms with van der Waals surface area (Å²) in [5, 5.41) is 0. The monoisotopic (exact) mass is 256 g/mol. The molecule has 3 heteroatoms. The van der Waals surface area contributed by atoms with Gasteiger partial charge in [-0.25, -0.2) is 4.98 Å². The topological polar surface area (TPSA) is 34.9 Å². The van der Waals surface area contributed by atoms with Gasteiger partial charge in [0.25, 0.3) is 0 Å². The quantitative estimate of drug-likeness (QED) is 0.794. The highest BCUT2D eigenvalue weighted by Crippen LogP contribution is 2.33. The maximum absolute atomic E-state index is 12.0. The molecule has 0 unspecified atom stereocenters. The molecule has 0 bridgehead atoms. The molecule has 1 aliphatic carbocycles. The van der Waals surface area contributed by atoms with Gasteiger partial charge in [-0.1, -0.05) is 19.1 Å². The van der Waals surface area contributed by atoms with Gasteiger partial charge in [0.05, 0.1) is 17.5 Å². The summed E-state index contributed by atoms with van der Waals surface area (Å²) in [5.74, 6) is 1.94. The molecule has 0 saturated heterocycles. The Kier molecular flexibility index (Phi) is 3.36. The number of hydrogen-bond acceptors (Lipinski definition) is 2. The molecule has 19 heavy (non-hydrogen) atoms. The fourth-order valence-electron chi connectivity index (χ4n) is 2.63. The van der Waals surface area contributed by atoms with Crippen LogP contribution in [0.25, 0.3) is 11.0 Å². The highest BCUT2D eigenvalue weighted by molar-refractivity contribution is 5.83. The Morgan fingerprint density at radius 2 is 2.16 bits per heavy atom. The molecular formula is C16H20N2O. The Balaban J connectivity index is 1.87. The molecule has 0 radical (unpaired) electrons. The van der Waals surface area contributed by atoms with Gasteiger partial charge in [-0.15, -0.1) is 0 Å². The molecule has 1 aromatic carbocycles. The lowest BCUT2D eigenvalue weighted by atomic mass is 10.1. The summed E-state index contributed by atoms with van der Waals surface area (Å²) in [5.41, 5.74) is 2.16. The van der Waals surface area contributed by atoms with Crippen LogP contribution in [0.5, 0.6) is 0 Å². The van der Waals surface area contributed by atoms with E-state index in [1.54, 1.807) is 0 Å². The number of carbonyl (C=O) groups is 1. The zero-order valence-electron chi connectivity index (χ0n) is 11.4. The van der Waals surface area contributed by atoms with E-state index in [2.05, 4.69) is 22.5 Å². The van der Waals surface area contributed by atoms with Crippen LogP contribution in [-0.2, 0) is 17.8 Å². The smallest absolute Gasteiger partial charge is 0.140 e. The van der Waals surface area contributed by atoms with Crippen LogP contribution in [0.4, 0.5) is 0 Å². The van der Waals surface area contributed by atoms with Crippen molar-refractivity contribution in [3.8, 4) is 0 Å². The van der Waals surface area contributed by atoms with Gasteiger partial charge in [0.2, 0.25) is 0 Å². The molecule has 0 amide bonds. The molecule has 0 N–H and O–H groups in total. The minimum atomic E-state index is 0.343. The van der Waals surface area contributed by atoms with E-state index in [0.717, 1.165) is 36.2 Å². The molecule has 1 fully saturated rings. The first kappa shape index (κ1) is 12.4. The van der Waals surface area contributed by atoms with Gasteiger partial charge in [0.1, 0.15) is 11.6 Å². The number of benzene rings is 1. The molecule has 1 aromatic heterocycles. The normalized spacial score (nSPS) is 15.0. The van der Waals surface area contributed by atoms with Crippen LogP contribution in [0.15, 0.2) is 24.3 Å². The molecule has 1 saturated carbocycles. The maximum atomic E-state index is 12.0. The van der Waals surface area contributed by atoms with Gasteiger partial charge in [0, 0.05) is 13.0 Å². The van der Waals surface area contributed by atoms with E-state index in [1.165, 1.54) is 12.8 Å². The Morgan fingerprint density at radius 3 is 2.89 bits per heavy atom. The first-order chi connectivity index (χ1) is 9.28. The van der Waals surface area contributed by atoms with Gasteiger partial charge in [0.15, 0.2) is 0 Å². The minimum Gasteiger partial charge on any atom is -0.328 e. The molecule has 0 aliphatic heterocycles. The fourth-order valence-corrected chi connectivity index (χ4v) is 2.63.